The molecule has 0 aromatic heterocycles. The fourth-order valence-corrected chi connectivity index (χ4v) is 15.0. The van der Waals surface area contributed by atoms with E-state index in [2.05, 4.69) is 0 Å². The highest BCUT2D eigenvalue weighted by atomic mass is 32.2. The Hall–Kier alpha value is -1.84. The molecule has 0 bridgehead atoms. The highest BCUT2D eigenvalue weighted by Crippen LogP contribution is 2.44. The summed E-state index contributed by atoms with van der Waals surface area (Å²) < 4.78 is 111. The van der Waals surface area contributed by atoms with Crippen LogP contribution in [0.1, 0.15) is 33.4 Å². The quantitative estimate of drug-likeness (QED) is 0.496. The van der Waals surface area contributed by atoms with Crippen LogP contribution in [0.4, 0.5) is 0 Å². The van der Waals surface area contributed by atoms with E-state index in [-0.39, 0.29) is 9.79 Å². The number of benzene rings is 2. The minimum Gasteiger partial charge on any atom is -0.229 e. The summed E-state index contributed by atoms with van der Waals surface area (Å²) in [6.45, 7) is 10.5. The van der Waals surface area contributed by atoms with Gasteiger partial charge in [-0.1, -0.05) is 12.1 Å². The SMILES string of the molecule is Cc1cc(C)c(S(=O)(=O)N2[C@@H]3CS(=O)(=O)C[C@H]3N(S(=O)(=O)c3cc(C)c(C)cc3C)[C@H]3CS(=O)(=O)C[C@H]32)cc1C. The van der Waals surface area contributed by atoms with E-state index in [0.29, 0.717) is 22.3 Å². The third-order valence-electron chi connectivity index (χ3n) is 8.59. The van der Waals surface area contributed by atoms with Crippen LogP contribution in [0.15, 0.2) is 34.1 Å². The van der Waals surface area contributed by atoms with Crippen molar-refractivity contribution in [2.75, 3.05) is 23.0 Å². The largest absolute Gasteiger partial charge is 0.244 e. The van der Waals surface area contributed by atoms with Crippen molar-refractivity contribution >= 4 is 39.7 Å². The number of aryl methyl sites for hydroxylation is 6. The monoisotopic (exact) mass is 630 g/mol. The van der Waals surface area contributed by atoms with Crippen molar-refractivity contribution in [2.24, 2.45) is 0 Å². The first-order valence-corrected chi connectivity index (χ1v) is 19.4. The molecule has 5 rings (SSSR count). The average Bonchev–Trinajstić information content (AvgIpc) is 3.28. The summed E-state index contributed by atoms with van der Waals surface area (Å²) in [7, 11) is -16.5. The van der Waals surface area contributed by atoms with Gasteiger partial charge in [0, 0.05) is 0 Å². The third-order valence-corrected chi connectivity index (χ3v) is 16.2. The van der Waals surface area contributed by atoms with Crippen molar-refractivity contribution in [3.8, 4) is 0 Å². The molecule has 3 fully saturated rings. The molecule has 0 radical (unpaired) electrons. The molecule has 3 aliphatic heterocycles. The van der Waals surface area contributed by atoms with E-state index in [0.717, 1.165) is 19.7 Å². The zero-order valence-electron chi connectivity index (χ0n) is 23.2. The van der Waals surface area contributed by atoms with Gasteiger partial charge in [-0.15, -0.1) is 0 Å². The molecular weight excluding hydrogens is 597 g/mol. The summed E-state index contributed by atoms with van der Waals surface area (Å²) in [5.41, 5.74) is 4.05. The van der Waals surface area contributed by atoms with E-state index in [1.807, 2.05) is 13.8 Å². The number of sulfonamides is 2. The van der Waals surface area contributed by atoms with Crippen molar-refractivity contribution in [3.05, 3.63) is 57.6 Å². The first-order chi connectivity index (χ1) is 18.3. The fourth-order valence-electron chi connectivity index (χ4n) is 6.45. The van der Waals surface area contributed by atoms with Crippen LogP contribution in [-0.2, 0) is 39.7 Å². The second-order valence-corrected chi connectivity index (χ2v) is 19.4. The summed E-state index contributed by atoms with van der Waals surface area (Å²) in [5, 5.41) is 0. The van der Waals surface area contributed by atoms with Crippen LogP contribution in [-0.4, -0.2) is 89.5 Å². The smallest absolute Gasteiger partial charge is 0.229 e. The summed E-state index contributed by atoms with van der Waals surface area (Å²) in [4.78, 5) is -0.0778. The summed E-state index contributed by atoms with van der Waals surface area (Å²) in [5.74, 6) is -2.38. The van der Waals surface area contributed by atoms with E-state index in [1.165, 1.54) is 12.1 Å². The Labute approximate surface area is 237 Å². The van der Waals surface area contributed by atoms with Gasteiger partial charge in [0.15, 0.2) is 19.7 Å². The molecule has 0 spiro atoms. The lowest BCUT2D eigenvalue weighted by molar-refractivity contribution is 0.0841. The number of fused-ring (bicyclic) bond motifs is 2. The molecule has 2 aromatic carbocycles. The average molecular weight is 631 g/mol. The number of hydrogen-bond acceptors (Lipinski definition) is 8. The molecule has 220 valence electrons. The van der Waals surface area contributed by atoms with E-state index in [4.69, 9.17) is 0 Å². The summed E-state index contributed by atoms with van der Waals surface area (Å²) >= 11 is 0. The van der Waals surface area contributed by atoms with Crippen molar-refractivity contribution in [2.45, 2.75) is 75.5 Å². The number of sulfone groups is 2. The zero-order chi connectivity index (χ0) is 29.7. The maximum absolute atomic E-state index is 14.3. The van der Waals surface area contributed by atoms with Crippen LogP contribution >= 0.6 is 0 Å². The van der Waals surface area contributed by atoms with Gasteiger partial charge in [-0.25, -0.2) is 33.7 Å². The van der Waals surface area contributed by atoms with Gasteiger partial charge in [0.25, 0.3) is 0 Å². The number of hydrogen-bond donors (Lipinski definition) is 0. The number of piperazine rings is 1. The van der Waals surface area contributed by atoms with Crippen molar-refractivity contribution in [1.82, 2.24) is 8.61 Å². The number of nitrogens with zero attached hydrogens (tertiary/aromatic N) is 2. The number of rotatable bonds is 4. The maximum Gasteiger partial charge on any atom is 0.244 e. The van der Waals surface area contributed by atoms with Gasteiger partial charge in [-0.05, 0) is 87.1 Å². The highest BCUT2D eigenvalue weighted by Gasteiger charge is 2.63. The molecule has 4 atom stereocenters. The first kappa shape index (κ1) is 29.6. The van der Waals surface area contributed by atoms with Crippen molar-refractivity contribution in [1.29, 1.82) is 0 Å². The van der Waals surface area contributed by atoms with Crippen molar-refractivity contribution in [3.63, 3.8) is 0 Å². The summed E-state index contributed by atoms with van der Waals surface area (Å²) in [6, 6.07) is 1.38. The molecule has 10 nitrogen and oxygen atoms in total. The topological polar surface area (TPSA) is 143 Å². The lowest BCUT2D eigenvalue weighted by atomic mass is 10.0. The lowest BCUT2D eigenvalue weighted by Crippen LogP contribution is -2.70. The summed E-state index contributed by atoms with van der Waals surface area (Å²) in [6.07, 6.45) is 0. The maximum atomic E-state index is 14.3. The van der Waals surface area contributed by atoms with Gasteiger partial charge in [-0.3, -0.25) is 0 Å². The molecule has 3 aliphatic rings. The minimum absolute atomic E-state index is 0.0389. The van der Waals surface area contributed by atoms with E-state index < -0.39 is 86.9 Å². The molecular formula is C26H34N2O8S4. The van der Waals surface area contributed by atoms with Gasteiger partial charge < -0.3 is 0 Å². The second-order valence-electron chi connectivity index (χ2n) is 11.5. The Bertz CT molecular complexity index is 1690. The predicted octanol–water partition coefficient (Wildman–Crippen LogP) is 1.56. The molecule has 2 aromatic rings. The fraction of sp³-hybridized carbons (Fsp3) is 0.538. The van der Waals surface area contributed by atoms with Gasteiger partial charge in [-0.2, -0.15) is 8.61 Å². The molecule has 3 saturated heterocycles. The van der Waals surface area contributed by atoms with E-state index >= 15 is 0 Å². The van der Waals surface area contributed by atoms with Gasteiger partial charge in [0.2, 0.25) is 20.0 Å². The van der Waals surface area contributed by atoms with Crippen LogP contribution in [0, 0.1) is 41.5 Å². The third kappa shape index (κ3) is 4.64. The van der Waals surface area contributed by atoms with Gasteiger partial charge in [0.1, 0.15) is 0 Å². The predicted molar refractivity (Wildman–Crippen MR) is 152 cm³/mol. The van der Waals surface area contributed by atoms with E-state index in [1.54, 1.807) is 39.8 Å². The molecule has 0 N–H and O–H groups in total. The Kier molecular flexibility index (Phi) is 6.92. The van der Waals surface area contributed by atoms with Crippen LogP contribution in [0.5, 0.6) is 0 Å². The van der Waals surface area contributed by atoms with Crippen LogP contribution < -0.4 is 0 Å². The van der Waals surface area contributed by atoms with Crippen LogP contribution in [0.2, 0.25) is 0 Å². The normalized spacial score (nSPS) is 28.4. The van der Waals surface area contributed by atoms with E-state index in [9.17, 15) is 33.7 Å². The highest BCUT2D eigenvalue weighted by molar-refractivity contribution is 7.93. The standard InChI is InChI=1S/C26H34N2O8S4/c1-15-7-19(5)25(9-17(15)3)39(33,34)27-21-11-37(29,30)13-23(21)28(24-14-38(31,32)12-22(24)27)40(35,36)26-10-18(4)16(2)8-20(26)6/h7-10,21-24H,11-14H2,1-6H3/t21-,22-,23-,24+/m1/s1. The molecule has 0 unspecified atom stereocenters. The van der Waals surface area contributed by atoms with Crippen LogP contribution in [0.25, 0.3) is 0 Å². The molecule has 14 heteroatoms. The van der Waals surface area contributed by atoms with Crippen LogP contribution in [0.3, 0.4) is 0 Å². The van der Waals surface area contributed by atoms with Gasteiger partial charge in [0.05, 0.1) is 57.0 Å². The molecule has 3 heterocycles. The molecule has 0 saturated carbocycles. The second kappa shape index (κ2) is 9.33. The Morgan fingerprint density at radius 2 is 0.750 bits per heavy atom. The Balaban J connectivity index is 1.75. The molecule has 0 aliphatic carbocycles. The Morgan fingerprint density at radius 1 is 0.500 bits per heavy atom. The van der Waals surface area contributed by atoms with Crippen molar-refractivity contribution < 1.29 is 33.7 Å². The Morgan fingerprint density at radius 3 is 1.02 bits per heavy atom. The molecule has 0 amide bonds. The lowest BCUT2D eigenvalue weighted by Gasteiger charge is -2.49. The zero-order valence-corrected chi connectivity index (χ0v) is 26.5. The first-order valence-electron chi connectivity index (χ1n) is 12.9. The minimum atomic E-state index is -4.41. The van der Waals surface area contributed by atoms with Gasteiger partial charge >= 0.3 is 0 Å². The molecule has 40 heavy (non-hydrogen) atoms.